The second kappa shape index (κ2) is 24.1. The first-order chi connectivity index (χ1) is 34.2. The molecule has 2 saturated heterocycles. The zero-order valence-electron chi connectivity index (χ0n) is 39.8. The standard InChI is InChI=1S/C51H58N2O18/c1-29(55)65-28-38-43(67-30(2)56)45(68-31(3)57)41(53-48(61)35-22-15-16-23-36(35)49(53)62)51(70-38)71-42-37(26-54)69-50(64-25-17-8-6-5-7-12-24-39(58)63-4)40(44(42)66-27-32-18-10-9-11-19-32)52-46(59)33-20-13-14-21-34(33)47(52)60/h9-11,13-16,18-23,37-38,40-45,50-51,54H,5-8,12,17,24-28H2,1-4H3/t37-,38-,40-,41-,42-,43-,44-,45-,50-,51+/m1/s1. The molecule has 0 radical (unpaired) electrons. The molecule has 0 bridgehead atoms. The molecule has 4 aliphatic rings. The zero-order chi connectivity index (χ0) is 50.8. The van der Waals surface area contributed by atoms with Crippen LogP contribution in [0, 0.1) is 0 Å². The third-order valence-corrected chi connectivity index (χ3v) is 12.6. The Balaban J connectivity index is 1.29. The van der Waals surface area contributed by atoms with Crippen molar-refractivity contribution in [1.82, 2.24) is 9.80 Å². The fourth-order valence-electron chi connectivity index (χ4n) is 9.33. The summed E-state index contributed by atoms with van der Waals surface area (Å²) in [5, 5.41) is 11.2. The number of methoxy groups -OCH3 is 1. The first kappa shape index (κ1) is 52.4. The van der Waals surface area contributed by atoms with E-state index < -0.39 is 116 Å². The highest BCUT2D eigenvalue weighted by Crippen LogP contribution is 2.40. The molecule has 7 rings (SSSR count). The lowest BCUT2D eigenvalue weighted by atomic mass is 9.92. The van der Waals surface area contributed by atoms with Crippen LogP contribution in [0.2, 0.25) is 0 Å². The Morgan fingerprint density at radius 3 is 1.58 bits per heavy atom. The SMILES string of the molecule is COC(=O)CCCCCCCCO[C@@H]1O[C@H](CO)[C@@H](O[C@@H]2O[C@H](COC(C)=O)[C@@H](OC(C)=O)[C@H](OC(C)=O)[C@H]2N2C(=O)c3ccccc3C2=O)[C@H](OCc2ccccc2)[C@H]1N1C(=O)c2ccccc2C1=O. The molecule has 0 saturated carbocycles. The van der Waals surface area contributed by atoms with Gasteiger partial charge < -0.3 is 47.7 Å². The molecule has 4 amide bonds. The Labute approximate surface area is 409 Å². The van der Waals surface area contributed by atoms with Crippen molar-refractivity contribution in [2.45, 2.75) is 134 Å². The highest BCUT2D eigenvalue weighted by atomic mass is 16.7. The van der Waals surface area contributed by atoms with Gasteiger partial charge in [-0.2, -0.15) is 0 Å². The Kier molecular flexibility index (Phi) is 17.8. The minimum atomic E-state index is -1.90. The molecule has 2 fully saturated rings. The number of unbranched alkanes of at least 4 members (excludes halogenated alkanes) is 5. The van der Waals surface area contributed by atoms with Crippen LogP contribution in [0.3, 0.4) is 0 Å². The van der Waals surface area contributed by atoms with Crippen molar-refractivity contribution in [3.8, 4) is 0 Å². The summed E-state index contributed by atoms with van der Waals surface area (Å²) in [5.41, 5.74) is 0.837. The number of aliphatic hydroxyl groups is 1. The van der Waals surface area contributed by atoms with Gasteiger partial charge in [0.2, 0.25) is 0 Å². The molecule has 4 heterocycles. The van der Waals surface area contributed by atoms with Crippen molar-refractivity contribution in [1.29, 1.82) is 0 Å². The summed E-state index contributed by atoms with van der Waals surface area (Å²) in [6.07, 6.45) is -7.89. The summed E-state index contributed by atoms with van der Waals surface area (Å²) in [7, 11) is 1.35. The maximum atomic E-state index is 14.5. The largest absolute Gasteiger partial charge is 0.469 e. The Hall–Kier alpha value is -6.42. The highest BCUT2D eigenvalue weighted by molar-refractivity contribution is 6.22. The molecule has 0 aromatic heterocycles. The Bertz CT molecular complexity index is 2360. The minimum absolute atomic E-state index is 0.00792. The van der Waals surface area contributed by atoms with Crippen LogP contribution in [-0.2, 0) is 68.4 Å². The highest BCUT2D eigenvalue weighted by Gasteiger charge is 2.61. The van der Waals surface area contributed by atoms with Crippen molar-refractivity contribution < 1.29 is 86.1 Å². The van der Waals surface area contributed by atoms with E-state index in [-0.39, 0.29) is 41.4 Å². The van der Waals surface area contributed by atoms with Crippen LogP contribution in [0.15, 0.2) is 78.9 Å². The lowest BCUT2D eigenvalue weighted by molar-refractivity contribution is -0.345. The van der Waals surface area contributed by atoms with E-state index in [1.54, 1.807) is 54.6 Å². The first-order valence-corrected chi connectivity index (χ1v) is 23.6. The van der Waals surface area contributed by atoms with E-state index in [1.807, 2.05) is 0 Å². The number of nitrogens with zero attached hydrogens (tertiary/aromatic N) is 2. The van der Waals surface area contributed by atoms with E-state index in [0.717, 1.165) is 56.3 Å². The maximum absolute atomic E-state index is 14.5. The van der Waals surface area contributed by atoms with Crippen molar-refractivity contribution >= 4 is 47.5 Å². The van der Waals surface area contributed by atoms with Gasteiger partial charge in [-0.25, -0.2) is 0 Å². The van der Waals surface area contributed by atoms with Crippen LogP contribution in [0.5, 0.6) is 0 Å². The zero-order valence-corrected chi connectivity index (χ0v) is 39.8. The maximum Gasteiger partial charge on any atom is 0.305 e. The van der Waals surface area contributed by atoms with E-state index >= 15 is 0 Å². The summed E-state index contributed by atoms with van der Waals surface area (Å²) in [5.74, 6) is -5.94. The molecule has 0 aliphatic carbocycles. The topological polar surface area (TPSA) is 246 Å². The van der Waals surface area contributed by atoms with Crippen LogP contribution < -0.4 is 0 Å². The van der Waals surface area contributed by atoms with Gasteiger partial charge in [0.05, 0.1) is 42.6 Å². The van der Waals surface area contributed by atoms with Crippen LogP contribution >= 0.6 is 0 Å². The number of carbonyl (C=O) groups excluding carboxylic acids is 8. The van der Waals surface area contributed by atoms with Crippen molar-refractivity contribution in [2.24, 2.45) is 0 Å². The summed E-state index contributed by atoms with van der Waals surface area (Å²) < 4.78 is 54.6. The molecule has 20 nitrogen and oxygen atoms in total. The molecule has 4 aliphatic heterocycles. The van der Waals surface area contributed by atoms with Gasteiger partial charge in [0.25, 0.3) is 23.6 Å². The third-order valence-electron chi connectivity index (χ3n) is 12.6. The number of hydrogen-bond acceptors (Lipinski definition) is 18. The van der Waals surface area contributed by atoms with Crippen LogP contribution in [0.1, 0.15) is 113 Å². The molecule has 10 atom stereocenters. The van der Waals surface area contributed by atoms with Gasteiger partial charge in [0.15, 0.2) is 24.8 Å². The number of hydrogen-bond donors (Lipinski definition) is 1. The predicted molar refractivity (Wildman–Crippen MR) is 244 cm³/mol. The summed E-state index contributed by atoms with van der Waals surface area (Å²) >= 11 is 0. The second-order valence-corrected chi connectivity index (χ2v) is 17.4. The second-order valence-electron chi connectivity index (χ2n) is 17.4. The number of carbonyl (C=O) groups is 8. The number of benzene rings is 3. The number of fused-ring (bicyclic) bond motifs is 2. The Morgan fingerprint density at radius 1 is 0.563 bits per heavy atom. The number of amides is 4. The molecule has 3 aromatic rings. The smallest absolute Gasteiger partial charge is 0.305 e. The monoisotopic (exact) mass is 986 g/mol. The van der Waals surface area contributed by atoms with Gasteiger partial charge in [0.1, 0.15) is 43.1 Å². The molecule has 0 unspecified atom stereocenters. The number of imide groups is 2. The molecule has 3 aromatic carbocycles. The van der Waals surface area contributed by atoms with Crippen molar-refractivity contribution in [3.05, 3.63) is 107 Å². The Morgan fingerprint density at radius 2 is 1.06 bits per heavy atom. The number of aliphatic hydroxyl groups excluding tert-OH is 1. The molecular weight excluding hydrogens is 929 g/mol. The quantitative estimate of drug-likeness (QED) is 0.0645. The van der Waals surface area contributed by atoms with Gasteiger partial charge >= 0.3 is 23.9 Å². The van der Waals surface area contributed by atoms with Crippen LogP contribution in [0.25, 0.3) is 0 Å². The number of ether oxygens (including phenoxy) is 9. The minimum Gasteiger partial charge on any atom is -0.469 e. The molecular formula is C51H58N2O18. The van der Waals surface area contributed by atoms with Gasteiger partial charge in [-0.3, -0.25) is 48.2 Å². The normalized spacial score (nSPS) is 25.9. The summed E-state index contributed by atoms with van der Waals surface area (Å²) in [6, 6.07) is 17.9. The summed E-state index contributed by atoms with van der Waals surface area (Å²) in [4.78, 5) is 109. The fourth-order valence-corrected chi connectivity index (χ4v) is 9.33. The van der Waals surface area contributed by atoms with E-state index in [2.05, 4.69) is 0 Å². The summed E-state index contributed by atoms with van der Waals surface area (Å²) in [6.45, 7) is 1.77. The van der Waals surface area contributed by atoms with E-state index in [4.69, 9.17) is 42.6 Å². The van der Waals surface area contributed by atoms with Gasteiger partial charge in [-0.15, -0.1) is 0 Å². The molecule has 20 heteroatoms. The number of esters is 4. The average molecular weight is 987 g/mol. The lowest BCUT2D eigenvalue weighted by Crippen LogP contribution is -2.71. The van der Waals surface area contributed by atoms with Gasteiger partial charge in [0, 0.05) is 33.8 Å². The van der Waals surface area contributed by atoms with Crippen LogP contribution in [-0.4, -0.2) is 151 Å². The van der Waals surface area contributed by atoms with Gasteiger partial charge in [-0.1, -0.05) is 80.3 Å². The van der Waals surface area contributed by atoms with Gasteiger partial charge in [-0.05, 0) is 42.7 Å². The van der Waals surface area contributed by atoms with E-state index in [1.165, 1.54) is 31.4 Å². The third kappa shape index (κ3) is 12.0. The fraction of sp³-hybridized carbons (Fsp3) is 0.490. The lowest BCUT2D eigenvalue weighted by Gasteiger charge is -2.51. The molecule has 380 valence electrons. The van der Waals surface area contributed by atoms with Crippen molar-refractivity contribution in [2.75, 3.05) is 26.9 Å². The molecule has 1 N–H and O–H groups in total. The van der Waals surface area contributed by atoms with E-state index in [0.29, 0.717) is 24.8 Å². The molecule has 0 spiro atoms. The molecule has 71 heavy (non-hydrogen) atoms. The van der Waals surface area contributed by atoms with E-state index in [9.17, 15) is 43.5 Å². The van der Waals surface area contributed by atoms with Crippen molar-refractivity contribution in [3.63, 3.8) is 0 Å². The van der Waals surface area contributed by atoms with Crippen LogP contribution in [0.4, 0.5) is 0 Å². The predicted octanol–water partition coefficient (Wildman–Crippen LogP) is 4.08. The first-order valence-electron chi connectivity index (χ1n) is 23.6. The average Bonchev–Trinajstić information content (AvgIpc) is 3.76. The number of rotatable bonds is 22.